The fourth-order valence-electron chi connectivity index (χ4n) is 1.34. The van der Waals surface area contributed by atoms with Crippen LogP contribution in [0.2, 0.25) is 0 Å². The van der Waals surface area contributed by atoms with Crippen molar-refractivity contribution < 1.29 is 19.7 Å². The van der Waals surface area contributed by atoms with Gasteiger partial charge in [-0.25, -0.2) is 0 Å². The van der Waals surface area contributed by atoms with Crippen LogP contribution < -0.4 is 0 Å². The largest absolute Gasteiger partial charge is 0.508 e. The minimum atomic E-state index is 0.0891. The number of rotatable bonds is 2. The molecule has 0 aliphatic heterocycles. The first-order valence-corrected chi connectivity index (χ1v) is 5.15. The fraction of sp³-hybridized carbons (Fsp3) is 0.154. The quantitative estimate of drug-likeness (QED) is 0.783. The Morgan fingerprint density at radius 2 is 1.94 bits per heavy atom. The van der Waals surface area contributed by atoms with Crippen molar-refractivity contribution in [2.75, 3.05) is 6.61 Å². The van der Waals surface area contributed by atoms with Gasteiger partial charge in [0.2, 0.25) is 0 Å². The Morgan fingerprint density at radius 1 is 1.24 bits per heavy atom. The van der Waals surface area contributed by atoms with Crippen LogP contribution in [0.1, 0.15) is 6.92 Å². The van der Waals surface area contributed by atoms with Crippen LogP contribution in [-0.2, 0) is 9.53 Å². The predicted octanol–water partition coefficient (Wildman–Crippen LogP) is 2.43. The van der Waals surface area contributed by atoms with E-state index in [-0.39, 0.29) is 11.5 Å². The molecule has 0 aromatic heterocycles. The zero-order chi connectivity index (χ0) is 12.7. The van der Waals surface area contributed by atoms with Gasteiger partial charge < -0.3 is 14.9 Å². The Balaban J connectivity index is 0.000000249. The second kappa shape index (κ2) is 6.37. The highest BCUT2D eigenvalue weighted by atomic mass is 16.5. The van der Waals surface area contributed by atoms with Gasteiger partial charge >= 0.3 is 0 Å². The molecule has 0 saturated carbocycles. The normalized spacial score (nSPS) is 9.24. The minimum absolute atomic E-state index is 0.0891. The maximum atomic E-state index is 9.39. The lowest BCUT2D eigenvalue weighted by molar-refractivity contribution is -0.128. The molecule has 2 aromatic rings. The lowest BCUT2D eigenvalue weighted by atomic mass is 10.1. The Hall–Kier alpha value is -2.23. The summed E-state index contributed by atoms with van der Waals surface area (Å²) in [6.07, 6.45) is 0. The van der Waals surface area contributed by atoms with Gasteiger partial charge in [-0.2, -0.15) is 0 Å². The predicted molar refractivity (Wildman–Crippen MR) is 65.0 cm³/mol. The van der Waals surface area contributed by atoms with Gasteiger partial charge in [-0.05, 0) is 18.4 Å². The van der Waals surface area contributed by atoms with Gasteiger partial charge in [0, 0.05) is 11.5 Å². The second-order valence-corrected chi connectivity index (χ2v) is 3.24. The molecular formula is C13H14O4. The van der Waals surface area contributed by atoms with Crippen molar-refractivity contribution in [2.45, 2.75) is 6.92 Å². The molecule has 4 nitrogen and oxygen atoms in total. The van der Waals surface area contributed by atoms with Gasteiger partial charge in [-0.15, -0.1) is 0 Å². The molecule has 0 bridgehead atoms. The highest BCUT2D eigenvalue weighted by Gasteiger charge is 1.99. The summed E-state index contributed by atoms with van der Waals surface area (Å²) in [5.41, 5.74) is 0. The van der Waals surface area contributed by atoms with E-state index in [2.05, 4.69) is 4.74 Å². The van der Waals surface area contributed by atoms with Crippen molar-refractivity contribution >= 4 is 17.2 Å². The van der Waals surface area contributed by atoms with Crippen molar-refractivity contribution in [3.05, 3.63) is 36.4 Å². The van der Waals surface area contributed by atoms with E-state index in [0.29, 0.717) is 13.1 Å². The van der Waals surface area contributed by atoms with Gasteiger partial charge in [-0.1, -0.05) is 24.3 Å². The summed E-state index contributed by atoms with van der Waals surface area (Å²) >= 11 is 0. The van der Waals surface area contributed by atoms with Crippen LogP contribution in [0.25, 0.3) is 10.8 Å². The van der Waals surface area contributed by atoms with E-state index in [1.807, 2.05) is 24.3 Å². The maximum Gasteiger partial charge on any atom is 0.293 e. The molecule has 0 unspecified atom stereocenters. The number of fused-ring (bicyclic) bond motifs is 1. The van der Waals surface area contributed by atoms with Crippen molar-refractivity contribution in [3.8, 4) is 11.5 Å². The average Bonchev–Trinajstić information content (AvgIpc) is 2.30. The van der Waals surface area contributed by atoms with E-state index < -0.39 is 0 Å². The van der Waals surface area contributed by atoms with Gasteiger partial charge in [-0.3, -0.25) is 4.79 Å². The average molecular weight is 234 g/mol. The SMILES string of the molecule is CCOC=O.Oc1cc(O)c2ccccc2c1. The zero-order valence-corrected chi connectivity index (χ0v) is 9.46. The Bertz CT molecular complexity index is 494. The third kappa shape index (κ3) is 3.68. The number of carbonyl (C=O) groups is 1. The molecule has 17 heavy (non-hydrogen) atoms. The van der Waals surface area contributed by atoms with E-state index in [1.165, 1.54) is 6.07 Å². The number of hydrogen-bond donors (Lipinski definition) is 2. The second-order valence-electron chi connectivity index (χ2n) is 3.24. The Morgan fingerprint density at radius 3 is 2.53 bits per heavy atom. The Labute approximate surface area is 99.1 Å². The van der Waals surface area contributed by atoms with E-state index in [1.54, 1.807) is 13.0 Å². The monoisotopic (exact) mass is 234 g/mol. The summed E-state index contributed by atoms with van der Waals surface area (Å²) in [5.74, 6) is 0.205. The summed E-state index contributed by atoms with van der Waals surface area (Å²) in [4.78, 5) is 9.18. The number of phenolic OH excluding ortho intramolecular Hbond substituents is 2. The van der Waals surface area contributed by atoms with Crippen LogP contribution >= 0.6 is 0 Å². The Kier molecular flexibility index (Phi) is 4.81. The maximum absolute atomic E-state index is 9.39. The highest BCUT2D eigenvalue weighted by Crippen LogP contribution is 2.28. The molecule has 0 amide bonds. The van der Waals surface area contributed by atoms with E-state index in [0.717, 1.165) is 10.8 Å². The standard InChI is InChI=1S/C10H8O2.C3H6O2/c11-8-5-7-3-1-2-4-9(7)10(12)6-8;1-2-5-3-4/h1-6,11-12H;3H,2H2,1H3. The molecule has 0 heterocycles. The molecule has 0 saturated heterocycles. The lowest BCUT2D eigenvalue weighted by Crippen LogP contribution is -1.80. The van der Waals surface area contributed by atoms with E-state index >= 15 is 0 Å². The van der Waals surface area contributed by atoms with Crippen LogP contribution in [0.15, 0.2) is 36.4 Å². The van der Waals surface area contributed by atoms with Gasteiger partial charge in [0.05, 0.1) is 6.61 Å². The topological polar surface area (TPSA) is 66.8 Å². The number of ether oxygens (including phenoxy) is 1. The third-order valence-electron chi connectivity index (χ3n) is 2.06. The van der Waals surface area contributed by atoms with Crippen LogP contribution in [0.4, 0.5) is 0 Å². The smallest absolute Gasteiger partial charge is 0.293 e. The molecule has 0 fully saturated rings. The summed E-state index contributed by atoms with van der Waals surface area (Å²) in [6.45, 7) is 2.66. The molecule has 2 rings (SSSR count). The number of benzene rings is 2. The summed E-state index contributed by atoms with van der Waals surface area (Å²) in [7, 11) is 0. The van der Waals surface area contributed by atoms with E-state index in [4.69, 9.17) is 5.11 Å². The number of carbonyl (C=O) groups excluding carboxylic acids is 1. The van der Waals surface area contributed by atoms with E-state index in [9.17, 15) is 9.90 Å². The molecule has 0 radical (unpaired) electrons. The molecule has 0 atom stereocenters. The minimum Gasteiger partial charge on any atom is -0.508 e. The molecule has 4 heteroatoms. The van der Waals surface area contributed by atoms with Crippen molar-refractivity contribution in [1.82, 2.24) is 0 Å². The van der Waals surface area contributed by atoms with Gasteiger partial charge in [0.25, 0.3) is 6.47 Å². The first-order valence-electron chi connectivity index (χ1n) is 5.15. The van der Waals surface area contributed by atoms with Gasteiger partial charge in [0.1, 0.15) is 11.5 Å². The molecule has 0 aliphatic carbocycles. The molecule has 2 N–H and O–H groups in total. The summed E-state index contributed by atoms with van der Waals surface area (Å²) in [6, 6.07) is 10.3. The van der Waals surface area contributed by atoms with Crippen LogP contribution in [-0.4, -0.2) is 23.3 Å². The number of phenols is 2. The van der Waals surface area contributed by atoms with Crippen LogP contribution in [0.3, 0.4) is 0 Å². The number of aromatic hydroxyl groups is 2. The molecule has 90 valence electrons. The highest BCUT2D eigenvalue weighted by molar-refractivity contribution is 5.89. The lowest BCUT2D eigenvalue weighted by Gasteiger charge is -2.00. The summed E-state index contributed by atoms with van der Waals surface area (Å²) < 4.78 is 4.15. The van der Waals surface area contributed by atoms with Crippen molar-refractivity contribution in [1.29, 1.82) is 0 Å². The molecule has 0 aliphatic rings. The fourth-order valence-corrected chi connectivity index (χ4v) is 1.34. The zero-order valence-electron chi connectivity index (χ0n) is 9.46. The first kappa shape index (κ1) is 12.8. The summed E-state index contributed by atoms with van der Waals surface area (Å²) in [5, 5.41) is 20.1. The first-order chi connectivity index (χ1) is 8.19. The molecule has 2 aromatic carbocycles. The molecular weight excluding hydrogens is 220 g/mol. The van der Waals surface area contributed by atoms with Gasteiger partial charge in [0.15, 0.2) is 0 Å². The molecule has 0 spiro atoms. The third-order valence-corrected chi connectivity index (χ3v) is 2.06. The number of hydrogen-bond acceptors (Lipinski definition) is 4. The van der Waals surface area contributed by atoms with Crippen molar-refractivity contribution in [3.63, 3.8) is 0 Å². The van der Waals surface area contributed by atoms with Crippen LogP contribution in [0.5, 0.6) is 11.5 Å². The van der Waals surface area contributed by atoms with Crippen molar-refractivity contribution in [2.24, 2.45) is 0 Å². The van der Waals surface area contributed by atoms with Crippen LogP contribution in [0, 0.1) is 0 Å².